The molecule has 24 heavy (non-hydrogen) atoms. The number of thiophene rings is 1. The highest BCUT2D eigenvalue weighted by Gasteiger charge is 2.21. The lowest BCUT2D eigenvalue weighted by molar-refractivity contribution is 0.0959. The number of hydrazone groups is 1. The Hall–Kier alpha value is -1.59. The molecule has 1 aromatic carbocycles. The number of amides is 1. The molecule has 0 radical (unpaired) electrons. The fraction of sp³-hybridized carbons (Fsp3) is 0.368. The van der Waals surface area contributed by atoms with Crippen LogP contribution in [0.1, 0.15) is 45.4 Å². The summed E-state index contributed by atoms with van der Waals surface area (Å²) in [6.45, 7) is 2.25. The van der Waals surface area contributed by atoms with Crippen LogP contribution < -0.4 is 5.43 Å². The standard InChI is InChI=1S/C19H22N2OS2/c1-3-13-6-9-17-15(10-13)11-18(24-17)19(22)21-20-12-14-4-7-16(23-2)8-5-14/h4-5,7-8,11-13H,3,6,9-10H2,1-2H3,(H,21,22)/b20-12-/t13-/m1/s1. The summed E-state index contributed by atoms with van der Waals surface area (Å²) in [7, 11) is 0. The zero-order valence-electron chi connectivity index (χ0n) is 14.0. The molecule has 1 heterocycles. The predicted octanol–water partition coefficient (Wildman–Crippen LogP) is 4.75. The van der Waals surface area contributed by atoms with E-state index < -0.39 is 0 Å². The maximum atomic E-state index is 12.3. The van der Waals surface area contributed by atoms with E-state index >= 15 is 0 Å². The van der Waals surface area contributed by atoms with Crippen LogP contribution in [-0.4, -0.2) is 18.4 Å². The van der Waals surface area contributed by atoms with Gasteiger partial charge in [-0.05, 0) is 60.8 Å². The van der Waals surface area contributed by atoms with Crippen molar-refractivity contribution in [2.75, 3.05) is 6.26 Å². The molecule has 0 unspecified atom stereocenters. The van der Waals surface area contributed by atoms with E-state index in [1.165, 1.54) is 28.2 Å². The molecule has 3 rings (SSSR count). The molecule has 1 atom stereocenters. The lowest BCUT2D eigenvalue weighted by Gasteiger charge is -2.19. The highest BCUT2D eigenvalue weighted by Crippen LogP contribution is 2.33. The summed E-state index contributed by atoms with van der Waals surface area (Å²) in [5, 5.41) is 4.09. The number of carbonyl (C=O) groups excluding carboxylic acids is 1. The molecule has 2 aromatic rings. The zero-order chi connectivity index (χ0) is 16.9. The molecule has 1 aliphatic rings. The van der Waals surface area contributed by atoms with Crippen molar-refractivity contribution < 1.29 is 4.79 Å². The normalized spacial score (nSPS) is 17.0. The first-order chi connectivity index (χ1) is 11.7. The topological polar surface area (TPSA) is 41.5 Å². The number of fused-ring (bicyclic) bond motifs is 1. The molecule has 1 aromatic heterocycles. The molecule has 0 bridgehead atoms. The van der Waals surface area contributed by atoms with Gasteiger partial charge in [0.1, 0.15) is 0 Å². The average Bonchev–Trinajstić information content (AvgIpc) is 3.05. The first kappa shape index (κ1) is 17.2. The number of nitrogens with zero attached hydrogens (tertiary/aromatic N) is 1. The summed E-state index contributed by atoms with van der Waals surface area (Å²) >= 11 is 3.32. The molecular weight excluding hydrogens is 336 g/mol. The quantitative estimate of drug-likeness (QED) is 0.476. The van der Waals surface area contributed by atoms with E-state index in [0.29, 0.717) is 0 Å². The predicted molar refractivity (Wildman–Crippen MR) is 103 cm³/mol. The largest absolute Gasteiger partial charge is 0.281 e. The molecule has 5 heteroatoms. The number of nitrogens with one attached hydrogen (secondary N) is 1. The van der Waals surface area contributed by atoms with E-state index in [1.54, 1.807) is 29.3 Å². The first-order valence-electron chi connectivity index (χ1n) is 8.28. The number of benzene rings is 1. The highest BCUT2D eigenvalue weighted by atomic mass is 32.2. The van der Waals surface area contributed by atoms with Crippen molar-refractivity contribution in [3.8, 4) is 0 Å². The third-order valence-electron chi connectivity index (χ3n) is 4.48. The Morgan fingerprint density at radius 2 is 2.21 bits per heavy atom. The van der Waals surface area contributed by atoms with Crippen LogP contribution in [0.25, 0.3) is 0 Å². The van der Waals surface area contributed by atoms with E-state index in [0.717, 1.165) is 29.2 Å². The molecular formula is C19H22N2OS2. The van der Waals surface area contributed by atoms with Crippen LogP contribution in [-0.2, 0) is 12.8 Å². The smallest absolute Gasteiger partial charge is 0.266 e. The Morgan fingerprint density at radius 3 is 2.92 bits per heavy atom. The van der Waals surface area contributed by atoms with E-state index in [4.69, 9.17) is 0 Å². The van der Waals surface area contributed by atoms with Gasteiger partial charge in [0.05, 0.1) is 11.1 Å². The lowest BCUT2D eigenvalue weighted by Crippen LogP contribution is -2.16. The number of aryl methyl sites for hydroxylation is 1. The summed E-state index contributed by atoms with van der Waals surface area (Å²) in [6, 6.07) is 10.1. The van der Waals surface area contributed by atoms with Crippen LogP contribution in [0, 0.1) is 5.92 Å². The van der Waals surface area contributed by atoms with Gasteiger partial charge in [-0.1, -0.05) is 25.5 Å². The molecule has 0 spiro atoms. The molecule has 1 amide bonds. The van der Waals surface area contributed by atoms with Crippen molar-refractivity contribution >= 4 is 35.2 Å². The molecule has 1 N–H and O–H groups in total. The highest BCUT2D eigenvalue weighted by molar-refractivity contribution is 7.98. The molecule has 1 aliphatic carbocycles. The molecule has 126 valence electrons. The van der Waals surface area contributed by atoms with Crippen molar-refractivity contribution in [1.29, 1.82) is 0 Å². The number of hydrogen-bond donors (Lipinski definition) is 1. The second kappa shape index (κ2) is 7.99. The van der Waals surface area contributed by atoms with Crippen LogP contribution in [0.5, 0.6) is 0 Å². The van der Waals surface area contributed by atoms with Gasteiger partial charge in [0.2, 0.25) is 0 Å². The average molecular weight is 359 g/mol. The van der Waals surface area contributed by atoms with E-state index in [9.17, 15) is 4.79 Å². The van der Waals surface area contributed by atoms with Gasteiger partial charge in [-0.25, -0.2) is 5.43 Å². The fourth-order valence-electron chi connectivity index (χ4n) is 2.97. The number of thioether (sulfide) groups is 1. The van der Waals surface area contributed by atoms with Gasteiger partial charge < -0.3 is 0 Å². The first-order valence-corrected chi connectivity index (χ1v) is 10.3. The van der Waals surface area contributed by atoms with Crippen molar-refractivity contribution in [1.82, 2.24) is 5.43 Å². The Kier molecular flexibility index (Phi) is 5.74. The Balaban J connectivity index is 1.61. The molecule has 0 saturated heterocycles. The summed E-state index contributed by atoms with van der Waals surface area (Å²) in [6.07, 6.45) is 8.42. The van der Waals surface area contributed by atoms with Crippen LogP contribution in [0.15, 0.2) is 40.3 Å². The Bertz CT molecular complexity index is 734. The summed E-state index contributed by atoms with van der Waals surface area (Å²) in [4.78, 5) is 15.6. The molecule has 0 fully saturated rings. The van der Waals surface area contributed by atoms with Crippen LogP contribution in [0.2, 0.25) is 0 Å². The second-order valence-electron chi connectivity index (χ2n) is 6.05. The maximum Gasteiger partial charge on any atom is 0.281 e. The van der Waals surface area contributed by atoms with Gasteiger partial charge in [-0.2, -0.15) is 5.10 Å². The minimum Gasteiger partial charge on any atom is -0.266 e. The molecule has 0 saturated carbocycles. The Labute approximate surface area is 151 Å². The van der Waals surface area contributed by atoms with Gasteiger partial charge in [0.25, 0.3) is 5.91 Å². The minimum absolute atomic E-state index is 0.112. The third kappa shape index (κ3) is 4.08. The van der Waals surface area contributed by atoms with Crippen molar-refractivity contribution in [2.24, 2.45) is 11.0 Å². The van der Waals surface area contributed by atoms with E-state index in [2.05, 4.69) is 23.5 Å². The zero-order valence-corrected chi connectivity index (χ0v) is 15.7. The fourth-order valence-corrected chi connectivity index (χ4v) is 4.48. The van der Waals surface area contributed by atoms with Crippen LogP contribution in [0.3, 0.4) is 0 Å². The van der Waals surface area contributed by atoms with Crippen molar-refractivity contribution in [2.45, 2.75) is 37.5 Å². The summed E-state index contributed by atoms with van der Waals surface area (Å²) in [5.74, 6) is 0.657. The minimum atomic E-state index is -0.112. The Morgan fingerprint density at radius 1 is 1.42 bits per heavy atom. The number of rotatable bonds is 5. The van der Waals surface area contributed by atoms with Crippen LogP contribution in [0.4, 0.5) is 0 Å². The van der Waals surface area contributed by atoms with Gasteiger partial charge in [-0.3, -0.25) is 4.79 Å². The van der Waals surface area contributed by atoms with Crippen LogP contribution >= 0.6 is 23.1 Å². The number of hydrogen-bond acceptors (Lipinski definition) is 4. The molecule has 3 nitrogen and oxygen atoms in total. The van der Waals surface area contributed by atoms with Crippen molar-refractivity contribution in [3.05, 3.63) is 51.2 Å². The van der Waals surface area contributed by atoms with E-state index in [-0.39, 0.29) is 5.91 Å². The van der Waals surface area contributed by atoms with E-state index in [1.807, 2.05) is 30.5 Å². The summed E-state index contributed by atoms with van der Waals surface area (Å²) in [5.41, 5.74) is 4.98. The molecule has 0 aliphatic heterocycles. The monoisotopic (exact) mass is 358 g/mol. The third-order valence-corrected chi connectivity index (χ3v) is 6.46. The SMILES string of the molecule is CC[C@@H]1CCc2sc(C(=O)N/N=C\c3ccc(SC)cc3)cc2C1. The number of carbonyl (C=O) groups is 1. The van der Waals surface area contributed by atoms with Gasteiger partial charge in [0.15, 0.2) is 0 Å². The van der Waals surface area contributed by atoms with Crippen molar-refractivity contribution in [3.63, 3.8) is 0 Å². The summed E-state index contributed by atoms with van der Waals surface area (Å²) < 4.78 is 0. The lowest BCUT2D eigenvalue weighted by atomic mass is 9.87. The second-order valence-corrected chi connectivity index (χ2v) is 8.06. The van der Waals surface area contributed by atoms with Gasteiger partial charge in [0, 0.05) is 9.77 Å². The van der Waals surface area contributed by atoms with Gasteiger partial charge >= 0.3 is 0 Å². The maximum absolute atomic E-state index is 12.3. The van der Waals surface area contributed by atoms with Gasteiger partial charge in [-0.15, -0.1) is 23.1 Å².